The third kappa shape index (κ3) is 5.06. The lowest BCUT2D eigenvalue weighted by Gasteiger charge is -2.34. The molecule has 0 atom stereocenters. The van der Waals surface area contributed by atoms with Crippen molar-refractivity contribution in [3.05, 3.63) is 53.6 Å². The number of nitrogens with zero attached hydrogens (tertiary/aromatic N) is 3. The number of aromatic hydroxyl groups is 1. The van der Waals surface area contributed by atoms with Gasteiger partial charge < -0.3 is 10.0 Å². The van der Waals surface area contributed by atoms with Gasteiger partial charge in [0.2, 0.25) is 20.0 Å². The number of amides is 1. The Labute approximate surface area is 195 Å². The molecule has 3 rings (SSSR count). The van der Waals surface area contributed by atoms with Gasteiger partial charge in [0.15, 0.2) is 0 Å². The van der Waals surface area contributed by atoms with Crippen molar-refractivity contribution in [3.8, 4) is 5.75 Å². The summed E-state index contributed by atoms with van der Waals surface area (Å²) in [5.74, 6) is -0.601. The molecule has 0 aromatic heterocycles. The third-order valence-electron chi connectivity index (χ3n) is 5.70. The SMILES string of the molecule is CCN(CC)S(=O)(=O)c1ccc(C(=O)N2CCN(S(=O)(=O)c3cc(C)ccc3O)CC2)cc1. The van der Waals surface area contributed by atoms with Crippen LogP contribution in [0.4, 0.5) is 0 Å². The first-order valence-electron chi connectivity index (χ1n) is 10.7. The number of hydrogen-bond donors (Lipinski definition) is 1. The van der Waals surface area contributed by atoms with Gasteiger partial charge in [-0.3, -0.25) is 4.79 Å². The van der Waals surface area contributed by atoms with Crippen molar-refractivity contribution in [3.63, 3.8) is 0 Å². The summed E-state index contributed by atoms with van der Waals surface area (Å²) in [6.45, 7) is 6.53. The molecule has 1 fully saturated rings. The second kappa shape index (κ2) is 9.80. The van der Waals surface area contributed by atoms with Crippen LogP contribution in [0.3, 0.4) is 0 Å². The van der Waals surface area contributed by atoms with Gasteiger partial charge in [-0.1, -0.05) is 19.9 Å². The van der Waals surface area contributed by atoms with Gasteiger partial charge in [0.05, 0.1) is 4.90 Å². The average Bonchev–Trinajstić information content (AvgIpc) is 2.81. The molecule has 0 radical (unpaired) electrons. The van der Waals surface area contributed by atoms with E-state index in [1.165, 1.54) is 49.9 Å². The van der Waals surface area contributed by atoms with Gasteiger partial charge >= 0.3 is 0 Å². The number of phenolic OH excluding ortho intramolecular Hbond substituents is 1. The summed E-state index contributed by atoms with van der Waals surface area (Å²) >= 11 is 0. The lowest BCUT2D eigenvalue weighted by Crippen LogP contribution is -2.50. The van der Waals surface area contributed by atoms with Gasteiger partial charge in [-0.2, -0.15) is 8.61 Å². The standard InChI is InChI=1S/C22H29N3O6S2/c1-4-24(5-2)32(28,29)19-9-7-18(8-10-19)22(27)23-12-14-25(15-13-23)33(30,31)21-16-17(3)6-11-20(21)26/h6-11,16,26H,4-5,12-15H2,1-3H3. The quantitative estimate of drug-likeness (QED) is 0.627. The summed E-state index contributed by atoms with van der Waals surface area (Å²) in [4.78, 5) is 14.4. The minimum absolute atomic E-state index is 0.0931. The van der Waals surface area contributed by atoms with Crippen LogP contribution >= 0.6 is 0 Å². The van der Waals surface area contributed by atoms with Gasteiger partial charge in [0.25, 0.3) is 5.91 Å². The maximum absolute atomic E-state index is 12.9. The van der Waals surface area contributed by atoms with Crippen molar-refractivity contribution < 1.29 is 26.7 Å². The molecule has 2 aromatic rings. The van der Waals surface area contributed by atoms with Crippen LogP contribution < -0.4 is 0 Å². The molecule has 33 heavy (non-hydrogen) atoms. The van der Waals surface area contributed by atoms with E-state index in [2.05, 4.69) is 0 Å². The number of rotatable bonds is 7. The smallest absolute Gasteiger partial charge is 0.253 e. The Morgan fingerprint density at radius 2 is 1.52 bits per heavy atom. The normalized spacial score (nSPS) is 15.7. The summed E-state index contributed by atoms with van der Waals surface area (Å²) in [5, 5.41) is 10.0. The molecule has 2 aromatic carbocycles. The second-order valence-corrected chi connectivity index (χ2v) is 11.6. The van der Waals surface area contributed by atoms with E-state index in [0.717, 1.165) is 0 Å². The molecule has 180 valence electrons. The zero-order valence-electron chi connectivity index (χ0n) is 18.9. The summed E-state index contributed by atoms with van der Waals surface area (Å²) in [5.41, 5.74) is 1.05. The van der Waals surface area contributed by atoms with Crippen molar-refractivity contribution in [2.45, 2.75) is 30.6 Å². The average molecular weight is 496 g/mol. The van der Waals surface area contributed by atoms with Crippen LogP contribution in [0.15, 0.2) is 52.3 Å². The van der Waals surface area contributed by atoms with Crippen LogP contribution in [-0.4, -0.2) is 80.6 Å². The number of hydrogen-bond acceptors (Lipinski definition) is 6. The molecule has 0 saturated carbocycles. The molecule has 0 spiro atoms. The lowest BCUT2D eigenvalue weighted by molar-refractivity contribution is 0.0697. The van der Waals surface area contributed by atoms with E-state index in [0.29, 0.717) is 24.2 Å². The van der Waals surface area contributed by atoms with Gasteiger partial charge in [-0.05, 0) is 48.9 Å². The van der Waals surface area contributed by atoms with Crippen LogP contribution in [-0.2, 0) is 20.0 Å². The number of piperazine rings is 1. The minimum atomic E-state index is -3.89. The van der Waals surface area contributed by atoms with Crippen LogP contribution in [0.5, 0.6) is 5.75 Å². The maximum atomic E-state index is 12.9. The topological polar surface area (TPSA) is 115 Å². The van der Waals surface area contributed by atoms with Gasteiger partial charge in [0.1, 0.15) is 10.6 Å². The molecular formula is C22H29N3O6S2. The van der Waals surface area contributed by atoms with Crippen LogP contribution in [0.25, 0.3) is 0 Å². The molecule has 0 bridgehead atoms. The minimum Gasteiger partial charge on any atom is -0.507 e. The van der Waals surface area contributed by atoms with E-state index in [1.807, 2.05) is 0 Å². The van der Waals surface area contributed by atoms with Crippen molar-refractivity contribution in [1.29, 1.82) is 0 Å². The Bertz CT molecular complexity index is 1220. The molecule has 1 N–H and O–H groups in total. The van der Waals surface area contributed by atoms with Gasteiger partial charge in [0, 0.05) is 44.8 Å². The highest BCUT2D eigenvalue weighted by Crippen LogP contribution is 2.27. The van der Waals surface area contributed by atoms with E-state index in [9.17, 15) is 26.7 Å². The van der Waals surface area contributed by atoms with E-state index in [4.69, 9.17) is 0 Å². The number of sulfonamides is 2. The summed E-state index contributed by atoms with van der Waals surface area (Å²) < 4.78 is 53.7. The summed E-state index contributed by atoms with van der Waals surface area (Å²) in [6, 6.07) is 10.2. The number of carbonyl (C=O) groups is 1. The van der Waals surface area contributed by atoms with Crippen molar-refractivity contribution in [1.82, 2.24) is 13.5 Å². The van der Waals surface area contributed by atoms with Crippen LogP contribution in [0, 0.1) is 6.92 Å². The molecule has 1 amide bonds. The molecule has 1 heterocycles. The first-order chi connectivity index (χ1) is 15.5. The fourth-order valence-corrected chi connectivity index (χ4v) is 6.81. The van der Waals surface area contributed by atoms with Crippen LogP contribution in [0.2, 0.25) is 0 Å². The second-order valence-electron chi connectivity index (χ2n) is 7.78. The predicted octanol–water partition coefficient (Wildman–Crippen LogP) is 1.88. The summed E-state index contributed by atoms with van der Waals surface area (Å²) in [6.07, 6.45) is 0. The zero-order chi connectivity index (χ0) is 24.4. The van der Waals surface area contributed by atoms with Crippen molar-refractivity contribution in [2.75, 3.05) is 39.3 Å². The lowest BCUT2D eigenvalue weighted by atomic mass is 10.2. The van der Waals surface area contributed by atoms with E-state index in [-0.39, 0.29) is 47.6 Å². The molecule has 9 nitrogen and oxygen atoms in total. The Hall–Kier alpha value is -2.47. The van der Waals surface area contributed by atoms with Crippen molar-refractivity contribution in [2.24, 2.45) is 0 Å². The number of phenols is 1. The highest BCUT2D eigenvalue weighted by atomic mass is 32.2. The Balaban J connectivity index is 1.70. The fraction of sp³-hybridized carbons (Fsp3) is 0.409. The van der Waals surface area contributed by atoms with Crippen molar-refractivity contribution >= 4 is 26.0 Å². The highest BCUT2D eigenvalue weighted by Gasteiger charge is 2.32. The molecular weight excluding hydrogens is 466 g/mol. The number of aryl methyl sites for hydroxylation is 1. The number of benzene rings is 2. The maximum Gasteiger partial charge on any atom is 0.253 e. The molecule has 1 aliphatic rings. The Morgan fingerprint density at radius 3 is 2.06 bits per heavy atom. The first-order valence-corrected chi connectivity index (χ1v) is 13.6. The Kier molecular flexibility index (Phi) is 7.47. The highest BCUT2D eigenvalue weighted by molar-refractivity contribution is 7.89. The molecule has 0 aliphatic carbocycles. The van der Waals surface area contributed by atoms with E-state index in [1.54, 1.807) is 26.8 Å². The molecule has 1 aliphatic heterocycles. The summed E-state index contributed by atoms with van der Waals surface area (Å²) in [7, 11) is -7.50. The third-order valence-corrected chi connectivity index (χ3v) is 9.70. The fourth-order valence-electron chi connectivity index (χ4n) is 3.76. The predicted molar refractivity (Wildman–Crippen MR) is 124 cm³/mol. The van der Waals surface area contributed by atoms with E-state index < -0.39 is 20.0 Å². The largest absolute Gasteiger partial charge is 0.507 e. The van der Waals surface area contributed by atoms with E-state index >= 15 is 0 Å². The van der Waals surface area contributed by atoms with Crippen LogP contribution in [0.1, 0.15) is 29.8 Å². The molecule has 11 heteroatoms. The number of carbonyl (C=O) groups excluding carboxylic acids is 1. The molecule has 1 saturated heterocycles. The van der Waals surface area contributed by atoms with Gasteiger partial charge in [-0.15, -0.1) is 0 Å². The monoisotopic (exact) mass is 495 g/mol. The Morgan fingerprint density at radius 1 is 0.939 bits per heavy atom. The van der Waals surface area contributed by atoms with Gasteiger partial charge in [-0.25, -0.2) is 16.8 Å². The zero-order valence-corrected chi connectivity index (χ0v) is 20.6. The first kappa shape index (κ1) is 25.2. The molecule has 0 unspecified atom stereocenters.